The van der Waals surface area contributed by atoms with Gasteiger partial charge in [0.15, 0.2) is 5.13 Å². The second-order valence-corrected chi connectivity index (χ2v) is 8.29. The van der Waals surface area contributed by atoms with Gasteiger partial charge in [0.25, 0.3) is 0 Å². The molecule has 25 heavy (non-hydrogen) atoms. The molecule has 4 rings (SSSR count). The summed E-state index contributed by atoms with van der Waals surface area (Å²) in [7, 11) is 2.18. The van der Waals surface area contributed by atoms with Crippen molar-refractivity contribution in [1.82, 2.24) is 9.88 Å². The van der Waals surface area contributed by atoms with Crippen LogP contribution in [0.1, 0.15) is 43.4 Å². The van der Waals surface area contributed by atoms with E-state index in [0.29, 0.717) is 0 Å². The molecular formula is C20H26FN3S. The van der Waals surface area contributed by atoms with Gasteiger partial charge in [-0.1, -0.05) is 31.4 Å². The summed E-state index contributed by atoms with van der Waals surface area (Å²) in [5.74, 6) is -0.161. The number of halogens is 1. The predicted molar refractivity (Wildman–Crippen MR) is 102 cm³/mol. The summed E-state index contributed by atoms with van der Waals surface area (Å²) in [6.45, 7) is 4.29. The van der Waals surface area contributed by atoms with Crippen LogP contribution in [0.3, 0.4) is 0 Å². The van der Waals surface area contributed by atoms with Crippen LogP contribution in [-0.4, -0.2) is 43.1 Å². The summed E-state index contributed by atoms with van der Waals surface area (Å²) in [6.07, 6.45) is 5.96. The standard InChI is InChI=1S/C20H26FN3S/c1-23-11-13-24(14-12-23)19-22-18(15-25-19)20(9-3-2-4-10-20)16-5-7-17(21)8-6-16/h5-8,15H,2-4,9-14H2,1H3. The van der Waals surface area contributed by atoms with Crippen molar-refractivity contribution in [3.8, 4) is 0 Å². The molecule has 2 aliphatic rings. The Morgan fingerprint density at radius 3 is 2.36 bits per heavy atom. The normalized spacial score (nSPS) is 21.4. The molecule has 5 heteroatoms. The Labute approximate surface area is 153 Å². The van der Waals surface area contributed by atoms with Crippen LogP contribution in [0.15, 0.2) is 29.6 Å². The number of hydrogen-bond donors (Lipinski definition) is 0. The van der Waals surface area contributed by atoms with Gasteiger partial charge in [0, 0.05) is 37.0 Å². The Kier molecular flexibility index (Phi) is 4.78. The molecule has 0 N–H and O–H groups in total. The molecule has 0 bridgehead atoms. The Morgan fingerprint density at radius 1 is 1.00 bits per heavy atom. The molecule has 0 atom stereocenters. The molecule has 134 valence electrons. The fraction of sp³-hybridized carbons (Fsp3) is 0.550. The lowest BCUT2D eigenvalue weighted by Crippen LogP contribution is -2.44. The molecule has 1 saturated heterocycles. The lowest BCUT2D eigenvalue weighted by atomic mass is 9.67. The third-order valence-electron chi connectivity index (χ3n) is 5.86. The van der Waals surface area contributed by atoms with Crippen molar-refractivity contribution in [2.24, 2.45) is 0 Å². The van der Waals surface area contributed by atoms with Crippen LogP contribution in [0, 0.1) is 5.82 Å². The highest BCUT2D eigenvalue weighted by Crippen LogP contribution is 2.45. The zero-order chi connectivity index (χ0) is 17.3. The number of anilines is 1. The second kappa shape index (κ2) is 7.04. The lowest BCUT2D eigenvalue weighted by Gasteiger charge is -2.37. The summed E-state index contributed by atoms with van der Waals surface area (Å²) >= 11 is 1.77. The zero-order valence-corrected chi connectivity index (χ0v) is 15.7. The molecule has 2 heterocycles. The maximum atomic E-state index is 13.4. The smallest absolute Gasteiger partial charge is 0.185 e. The van der Waals surface area contributed by atoms with E-state index < -0.39 is 0 Å². The molecule has 1 aromatic carbocycles. The SMILES string of the molecule is CN1CCN(c2nc(C3(c4ccc(F)cc4)CCCCC3)cs2)CC1. The van der Waals surface area contributed by atoms with Gasteiger partial charge in [-0.3, -0.25) is 0 Å². The highest BCUT2D eigenvalue weighted by Gasteiger charge is 2.38. The van der Waals surface area contributed by atoms with E-state index in [1.165, 1.54) is 30.5 Å². The van der Waals surface area contributed by atoms with E-state index in [2.05, 4.69) is 22.2 Å². The van der Waals surface area contributed by atoms with Crippen LogP contribution in [-0.2, 0) is 5.41 Å². The number of nitrogens with zero attached hydrogens (tertiary/aromatic N) is 3. The van der Waals surface area contributed by atoms with Gasteiger partial charge in [0.05, 0.1) is 5.69 Å². The van der Waals surface area contributed by atoms with Crippen LogP contribution < -0.4 is 4.90 Å². The quantitative estimate of drug-likeness (QED) is 0.815. The Bertz CT molecular complexity index is 698. The fourth-order valence-electron chi connectivity index (χ4n) is 4.24. The Morgan fingerprint density at radius 2 is 1.68 bits per heavy atom. The highest BCUT2D eigenvalue weighted by atomic mass is 32.1. The number of likely N-dealkylation sites (N-methyl/N-ethyl adjacent to an activating group) is 1. The maximum Gasteiger partial charge on any atom is 0.185 e. The summed E-state index contributed by atoms with van der Waals surface area (Å²) < 4.78 is 13.4. The van der Waals surface area contributed by atoms with Gasteiger partial charge in [0.1, 0.15) is 5.82 Å². The van der Waals surface area contributed by atoms with Crippen molar-refractivity contribution in [3.05, 3.63) is 46.7 Å². The summed E-state index contributed by atoms with van der Waals surface area (Å²) in [6, 6.07) is 7.13. The third kappa shape index (κ3) is 3.32. The van der Waals surface area contributed by atoms with Crippen molar-refractivity contribution in [1.29, 1.82) is 0 Å². The first kappa shape index (κ1) is 17.0. The lowest BCUT2D eigenvalue weighted by molar-refractivity contribution is 0.312. The van der Waals surface area contributed by atoms with E-state index in [4.69, 9.17) is 4.98 Å². The molecule has 0 amide bonds. The van der Waals surface area contributed by atoms with Crippen molar-refractivity contribution in [3.63, 3.8) is 0 Å². The average molecular weight is 360 g/mol. The molecule has 1 saturated carbocycles. The van der Waals surface area contributed by atoms with Gasteiger partial charge in [-0.05, 0) is 37.6 Å². The van der Waals surface area contributed by atoms with Crippen molar-refractivity contribution >= 4 is 16.5 Å². The molecule has 2 fully saturated rings. The van der Waals surface area contributed by atoms with Crippen LogP contribution >= 0.6 is 11.3 Å². The van der Waals surface area contributed by atoms with Gasteiger partial charge < -0.3 is 9.80 Å². The molecule has 1 aromatic heterocycles. The minimum Gasteiger partial charge on any atom is -0.346 e. The largest absolute Gasteiger partial charge is 0.346 e. The molecule has 2 aromatic rings. The summed E-state index contributed by atoms with van der Waals surface area (Å²) in [5, 5.41) is 3.40. The molecule has 0 unspecified atom stereocenters. The predicted octanol–water partition coefficient (Wildman–Crippen LogP) is 4.28. The number of aromatic nitrogens is 1. The van der Waals surface area contributed by atoms with E-state index in [-0.39, 0.29) is 11.2 Å². The number of hydrogen-bond acceptors (Lipinski definition) is 4. The van der Waals surface area contributed by atoms with Gasteiger partial charge in [-0.2, -0.15) is 0 Å². The number of piperazine rings is 1. The van der Waals surface area contributed by atoms with Crippen LogP contribution in [0.5, 0.6) is 0 Å². The van der Waals surface area contributed by atoms with Crippen molar-refractivity contribution in [2.45, 2.75) is 37.5 Å². The van der Waals surface area contributed by atoms with Gasteiger partial charge in [0.2, 0.25) is 0 Å². The highest BCUT2D eigenvalue weighted by molar-refractivity contribution is 7.13. The fourth-order valence-corrected chi connectivity index (χ4v) is 5.22. The van der Waals surface area contributed by atoms with Crippen LogP contribution in [0.2, 0.25) is 0 Å². The van der Waals surface area contributed by atoms with E-state index in [1.807, 2.05) is 12.1 Å². The van der Waals surface area contributed by atoms with Gasteiger partial charge in [-0.15, -0.1) is 11.3 Å². The number of rotatable bonds is 3. The molecule has 0 radical (unpaired) electrons. The maximum absolute atomic E-state index is 13.4. The first-order valence-corrected chi connectivity index (χ1v) is 10.2. The first-order chi connectivity index (χ1) is 12.2. The topological polar surface area (TPSA) is 19.4 Å². The average Bonchev–Trinajstić information content (AvgIpc) is 3.14. The molecule has 0 spiro atoms. The van der Waals surface area contributed by atoms with Crippen LogP contribution in [0.25, 0.3) is 0 Å². The minimum atomic E-state index is -0.161. The Hall–Kier alpha value is -1.46. The van der Waals surface area contributed by atoms with Gasteiger partial charge >= 0.3 is 0 Å². The summed E-state index contributed by atoms with van der Waals surface area (Å²) in [4.78, 5) is 9.87. The van der Waals surface area contributed by atoms with Crippen LogP contribution in [0.4, 0.5) is 9.52 Å². The van der Waals surface area contributed by atoms with E-state index in [1.54, 1.807) is 23.5 Å². The van der Waals surface area contributed by atoms with E-state index in [0.717, 1.165) is 44.2 Å². The van der Waals surface area contributed by atoms with Crippen molar-refractivity contribution < 1.29 is 4.39 Å². The summed E-state index contributed by atoms with van der Waals surface area (Å²) in [5.41, 5.74) is 2.38. The molecule has 1 aliphatic carbocycles. The monoisotopic (exact) mass is 359 g/mol. The van der Waals surface area contributed by atoms with Gasteiger partial charge in [-0.25, -0.2) is 9.37 Å². The second-order valence-electron chi connectivity index (χ2n) is 7.46. The Balaban J connectivity index is 1.65. The molecule has 1 aliphatic heterocycles. The number of thiazole rings is 1. The first-order valence-electron chi connectivity index (χ1n) is 9.33. The minimum absolute atomic E-state index is 0.0344. The third-order valence-corrected chi connectivity index (χ3v) is 6.76. The molecular weight excluding hydrogens is 333 g/mol. The number of benzene rings is 1. The van der Waals surface area contributed by atoms with E-state index in [9.17, 15) is 4.39 Å². The van der Waals surface area contributed by atoms with Crippen molar-refractivity contribution in [2.75, 3.05) is 38.1 Å². The molecule has 3 nitrogen and oxygen atoms in total. The van der Waals surface area contributed by atoms with E-state index >= 15 is 0 Å². The zero-order valence-electron chi connectivity index (χ0n) is 14.9.